The molecule has 6 heteroatoms. The van der Waals surface area contributed by atoms with Gasteiger partial charge in [-0.15, -0.1) is 0 Å². The van der Waals surface area contributed by atoms with Gasteiger partial charge in [-0.1, -0.05) is 19.1 Å². The van der Waals surface area contributed by atoms with Crippen molar-refractivity contribution in [3.05, 3.63) is 35.4 Å². The molecule has 0 bridgehead atoms. The lowest BCUT2D eigenvalue weighted by atomic mass is 10.0. The molecule has 0 fully saturated rings. The van der Waals surface area contributed by atoms with Crippen LogP contribution in [0.2, 0.25) is 0 Å². The van der Waals surface area contributed by atoms with Crippen LogP contribution in [0, 0.1) is 0 Å². The van der Waals surface area contributed by atoms with Gasteiger partial charge in [0.15, 0.2) is 0 Å². The van der Waals surface area contributed by atoms with Crippen LogP contribution in [0.25, 0.3) is 0 Å². The van der Waals surface area contributed by atoms with Crippen LogP contribution in [-0.2, 0) is 6.54 Å². The van der Waals surface area contributed by atoms with Gasteiger partial charge in [0.1, 0.15) is 0 Å². The molecule has 4 N–H and O–H groups in total. The third kappa shape index (κ3) is 5.27. The smallest absolute Gasteiger partial charge is 0.335 e. The van der Waals surface area contributed by atoms with E-state index in [0.717, 1.165) is 5.56 Å². The maximum absolute atomic E-state index is 11.5. The minimum absolute atomic E-state index is 0.174. The molecule has 1 unspecified atom stereocenters. The van der Waals surface area contributed by atoms with Crippen LogP contribution in [0.5, 0.6) is 0 Å². The van der Waals surface area contributed by atoms with Crippen LogP contribution in [-0.4, -0.2) is 34.4 Å². The summed E-state index contributed by atoms with van der Waals surface area (Å²) in [4.78, 5) is 22.2. The fourth-order valence-electron chi connectivity index (χ4n) is 1.41. The second-order valence-electron chi connectivity index (χ2n) is 4.89. The monoisotopic (exact) mass is 280 g/mol. The van der Waals surface area contributed by atoms with E-state index in [1.807, 2.05) is 6.92 Å². The third-order valence-electron chi connectivity index (χ3n) is 3.05. The number of urea groups is 1. The standard InChI is InChI=1S/C14H20N2O4/c1-3-14(2,20)9-16-13(19)15-8-10-4-6-11(7-5-10)12(17)18/h4-7,20H,3,8-9H2,1-2H3,(H,17,18)(H2,15,16,19). The molecule has 6 nitrogen and oxygen atoms in total. The minimum atomic E-state index is -0.982. The van der Waals surface area contributed by atoms with Gasteiger partial charge in [0.2, 0.25) is 0 Å². The number of hydrogen-bond acceptors (Lipinski definition) is 3. The summed E-state index contributed by atoms with van der Waals surface area (Å²) in [5.41, 5.74) is 0.0881. The molecular weight excluding hydrogens is 260 g/mol. The highest BCUT2D eigenvalue weighted by atomic mass is 16.4. The van der Waals surface area contributed by atoms with Crippen molar-refractivity contribution in [1.29, 1.82) is 0 Å². The zero-order valence-corrected chi connectivity index (χ0v) is 11.6. The Morgan fingerprint density at radius 3 is 2.30 bits per heavy atom. The van der Waals surface area contributed by atoms with Gasteiger partial charge < -0.3 is 20.8 Å². The van der Waals surface area contributed by atoms with Crippen LogP contribution in [0.1, 0.15) is 36.2 Å². The number of rotatable bonds is 6. The number of carboxylic acids is 1. The summed E-state index contributed by atoms with van der Waals surface area (Å²) in [6.07, 6.45) is 0.546. The van der Waals surface area contributed by atoms with E-state index in [9.17, 15) is 14.7 Å². The number of carboxylic acid groups (broad SMARTS) is 1. The molecule has 1 aromatic carbocycles. The number of carbonyl (C=O) groups is 2. The highest BCUT2D eigenvalue weighted by molar-refractivity contribution is 5.87. The summed E-state index contributed by atoms with van der Waals surface area (Å²) >= 11 is 0. The number of nitrogens with one attached hydrogen (secondary N) is 2. The summed E-state index contributed by atoms with van der Waals surface area (Å²) in [6, 6.07) is 5.89. The first-order chi connectivity index (χ1) is 9.34. The molecule has 0 aliphatic carbocycles. The van der Waals surface area contributed by atoms with Crippen molar-refractivity contribution in [3.63, 3.8) is 0 Å². The average Bonchev–Trinajstić information content (AvgIpc) is 2.43. The molecule has 0 spiro atoms. The van der Waals surface area contributed by atoms with Gasteiger partial charge in [-0.25, -0.2) is 9.59 Å². The predicted molar refractivity (Wildman–Crippen MR) is 74.6 cm³/mol. The maximum Gasteiger partial charge on any atom is 0.335 e. The number of benzene rings is 1. The summed E-state index contributed by atoms with van der Waals surface area (Å²) in [6.45, 7) is 3.95. The van der Waals surface area contributed by atoms with Crippen LogP contribution in [0.3, 0.4) is 0 Å². The Labute approximate surface area is 117 Å². The molecular formula is C14H20N2O4. The van der Waals surface area contributed by atoms with Gasteiger partial charge in [-0.3, -0.25) is 0 Å². The van der Waals surface area contributed by atoms with Gasteiger partial charge >= 0.3 is 12.0 Å². The SMILES string of the molecule is CCC(C)(O)CNC(=O)NCc1ccc(C(=O)O)cc1. The molecule has 0 saturated heterocycles. The van der Waals surface area contributed by atoms with Gasteiger partial charge in [-0.2, -0.15) is 0 Å². The van der Waals surface area contributed by atoms with E-state index in [1.54, 1.807) is 19.1 Å². The molecule has 0 radical (unpaired) electrons. The van der Waals surface area contributed by atoms with E-state index in [2.05, 4.69) is 10.6 Å². The fraction of sp³-hybridized carbons (Fsp3) is 0.429. The lowest BCUT2D eigenvalue weighted by Gasteiger charge is -2.21. The lowest BCUT2D eigenvalue weighted by molar-refractivity contribution is 0.0581. The highest BCUT2D eigenvalue weighted by Gasteiger charge is 2.18. The Balaban J connectivity index is 2.39. The minimum Gasteiger partial charge on any atom is -0.478 e. The molecule has 0 heterocycles. The predicted octanol–water partition coefficient (Wildman–Crippen LogP) is 1.34. The van der Waals surface area contributed by atoms with Crippen LogP contribution >= 0.6 is 0 Å². The van der Waals surface area contributed by atoms with E-state index in [4.69, 9.17) is 5.11 Å². The normalized spacial score (nSPS) is 13.3. The molecule has 1 atom stereocenters. The van der Waals surface area contributed by atoms with E-state index in [-0.39, 0.29) is 18.1 Å². The van der Waals surface area contributed by atoms with E-state index in [1.165, 1.54) is 12.1 Å². The largest absolute Gasteiger partial charge is 0.478 e. The quantitative estimate of drug-likeness (QED) is 0.632. The second-order valence-corrected chi connectivity index (χ2v) is 4.89. The number of hydrogen-bond donors (Lipinski definition) is 4. The Bertz CT molecular complexity index is 469. The summed E-state index contributed by atoms with van der Waals surface area (Å²) in [7, 11) is 0. The number of aliphatic hydroxyl groups is 1. The topological polar surface area (TPSA) is 98.7 Å². The molecule has 0 aliphatic heterocycles. The molecule has 110 valence electrons. The van der Waals surface area contributed by atoms with Crippen molar-refractivity contribution >= 4 is 12.0 Å². The van der Waals surface area contributed by atoms with E-state index >= 15 is 0 Å². The molecule has 0 aliphatic rings. The van der Waals surface area contributed by atoms with E-state index in [0.29, 0.717) is 13.0 Å². The third-order valence-corrected chi connectivity index (χ3v) is 3.05. The van der Waals surface area contributed by atoms with Crippen molar-refractivity contribution in [2.75, 3.05) is 6.54 Å². The van der Waals surface area contributed by atoms with Crippen molar-refractivity contribution < 1.29 is 19.8 Å². The Hall–Kier alpha value is -2.08. The molecule has 0 saturated carbocycles. The number of amides is 2. The highest BCUT2D eigenvalue weighted by Crippen LogP contribution is 2.06. The van der Waals surface area contributed by atoms with Crippen LogP contribution < -0.4 is 10.6 Å². The second kappa shape index (κ2) is 6.91. The van der Waals surface area contributed by atoms with E-state index < -0.39 is 11.6 Å². The zero-order valence-electron chi connectivity index (χ0n) is 11.6. The van der Waals surface area contributed by atoms with Gasteiger partial charge in [-0.05, 0) is 31.0 Å². The van der Waals surface area contributed by atoms with Gasteiger partial charge in [0.25, 0.3) is 0 Å². The average molecular weight is 280 g/mol. The zero-order chi connectivity index (χ0) is 15.2. The molecule has 2 amide bonds. The number of aromatic carboxylic acids is 1. The molecule has 1 rings (SSSR count). The molecule has 1 aromatic rings. The summed E-state index contributed by atoms with van der Waals surface area (Å²) in [5.74, 6) is -0.982. The fourth-order valence-corrected chi connectivity index (χ4v) is 1.41. The Morgan fingerprint density at radius 2 is 1.80 bits per heavy atom. The van der Waals surface area contributed by atoms with Crippen molar-refractivity contribution in [3.8, 4) is 0 Å². The Morgan fingerprint density at radius 1 is 1.20 bits per heavy atom. The summed E-state index contributed by atoms with van der Waals surface area (Å²) < 4.78 is 0. The van der Waals surface area contributed by atoms with Crippen LogP contribution in [0.4, 0.5) is 4.79 Å². The first-order valence-corrected chi connectivity index (χ1v) is 6.40. The first kappa shape index (κ1) is 16.0. The van der Waals surface area contributed by atoms with Crippen molar-refractivity contribution in [1.82, 2.24) is 10.6 Å². The molecule has 0 aromatic heterocycles. The Kier molecular flexibility index (Phi) is 5.52. The van der Waals surface area contributed by atoms with Gasteiger partial charge in [0.05, 0.1) is 11.2 Å². The van der Waals surface area contributed by atoms with Crippen molar-refractivity contribution in [2.45, 2.75) is 32.4 Å². The lowest BCUT2D eigenvalue weighted by Crippen LogP contribution is -2.44. The van der Waals surface area contributed by atoms with Gasteiger partial charge in [0, 0.05) is 13.1 Å². The van der Waals surface area contributed by atoms with Crippen molar-refractivity contribution in [2.24, 2.45) is 0 Å². The maximum atomic E-state index is 11.5. The number of carbonyl (C=O) groups excluding carboxylic acids is 1. The first-order valence-electron chi connectivity index (χ1n) is 6.40. The summed E-state index contributed by atoms with van der Waals surface area (Å²) in [5, 5.41) is 23.7. The van der Waals surface area contributed by atoms with Crippen LogP contribution in [0.15, 0.2) is 24.3 Å². The molecule has 20 heavy (non-hydrogen) atoms.